The molecule has 1 aliphatic rings. The van der Waals surface area contributed by atoms with Crippen LogP contribution < -0.4 is 5.32 Å². The van der Waals surface area contributed by atoms with Crippen LogP contribution in [0.2, 0.25) is 0 Å². The van der Waals surface area contributed by atoms with Crippen molar-refractivity contribution in [2.75, 3.05) is 19.8 Å². The number of aromatic nitrogens is 2. The van der Waals surface area contributed by atoms with Crippen LogP contribution in [0, 0.1) is 5.92 Å². The fourth-order valence-electron chi connectivity index (χ4n) is 2.64. The first-order valence-corrected chi connectivity index (χ1v) is 7.47. The van der Waals surface area contributed by atoms with E-state index < -0.39 is 0 Å². The van der Waals surface area contributed by atoms with Gasteiger partial charge in [-0.15, -0.1) is 11.3 Å². The first-order chi connectivity index (χ1) is 8.86. The SMILES string of the molecule is CCNC(Cc1cn2ccsc2n1)C1CCOC1. The lowest BCUT2D eigenvalue weighted by molar-refractivity contribution is 0.176. The predicted octanol–water partition coefficient (Wildman–Crippen LogP) is 1.95. The predicted molar refractivity (Wildman–Crippen MR) is 73.2 cm³/mol. The van der Waals surface area contributed by atoms with Crippen molar-refractivity contribution in [1.82, 2.24) is 14.7 Å². The van der Waals surface area contributed by atoms with Crippen molar-refractivity contribution < 1.29 is 4.74 Å². The minimum Gasteiger partial charge on any atom is -0.381 e. The van der Waals surface area contributed by atoms with Crippen LogP contribution in [0.3, 0.4) is 0 Å². The fourth-order valence-corrected chi connectivity index (χ4v) is 3.36. The molecule has 0 saturated carbocycles. The van der Waals surface area contributed by atoms with E-state index in [2.05, 4.69) is 39.4 Å². The molecule has 1 aliphatic heterocycles. The Morgan fingerprint density at radius 1 is 1.67 bits per heavy atom. The second-order valence-electron chi connectivity index (χ2n) is 4.82. The number of hydrogen-bond acceptors (Lipinski definition) is 4. The molecule has 0 spiro atoms. The van der Waals surface area contributed by atoms with Crippen molar-refractivity contribution in [3.05, 3.63) is 23.5 Å². The molecule has 0 aliphatic carbocycles. The van der Waals surface area contributed by atoms with Crippen LogP contribution in [-0.2, 0) is 11.2 Å². The molecule has 0 amide bonds. The summed E-state index contributed by atoms with van der Waals surface area (Å²) in [5.74, 6) is 0.629. The third kappa shape index (κ3) is 2.43. The molecule has 0 bridgehead atoms. The molecule has 0 aromatic carbocycles. The summed E-state index contributed by atoms with van der Waals surface area (Å²) >= 11 is 1.69. The zero-order chi connectivity index (χ0) is 12.4. The Hall–Kier alpha value is -0.910. The maximum atomic E-state index is 5.50. The molecule has 1 fully saturated rings. The Morgan fingerprint density at radius 3 is 3.33 bits per heavy atom. The fraction of sp³-hybridized carbons (Fsp3) is 0.615. The summed E-state index contributed by atoms with van der Waals surface area (Å²) in [7, 11) is 0. The number of fused-ring (bicyclic) bond motifs is 1. The van der Waals surface area contributed by atoms with Gasteiger partial charge in [0, 0.05) is 42.8 Å². The van der Waals surface area contributed by atoms with Crippen LogP contribution in [0.4, 0.5) is 0 Å². The maximum absolute atomic E-state index is 5.50. The van der Waals surface area contributed by atoms with Gasteiger partial charge in [-0.25, -0.2) is 4.98 Å². The highest BCUT2D eigenvalue weighted by atomic mass is 32.1. The highest BCUT2D eigenvalue weighted by Gasteiger charge is 2.25. The summed E-state index contributed by atoms with van der Waals surface area (Å²) in [5.41, 5.74) is 1.18. The summed E-state index contributed by atoms with van der Waals surface area (Å²) < 4.78 is 7.61. The first kappa shape index (κ1) is 12.1. The minimum absolute atomic E-state index is 0.488. The van der Waals surface area contributed by atoms with Crippen LogP contribution in [0.25, 0.3) is 4.96 Å². The molecule has 2 atom stereocenters. The lowest BCUT2D eigenvalue weighted by Crippen LogP contribution is -2.38. The van der Waals surface area contributed by atoms with Crippen LogP contribution in [0.5, 0.6) is 0 Å². The number of rotatable bonds is 5. The van der Waals surface area contributed by atoms with Gasteiger partial charge in [-0.05, 0) is 13.0 Å². The van der Waals surface area contributed by atoms with Crippen LogP contribution >= 0.6 is 11.3 Å². The quantitative estimate of drug-likeness (QED) is 0.898. The van der Waals surface area contributed by atoms with Gasteiger partial charge in [0.05, 0.1) is 12.3 Å². The van der Waals surface area contributed by atoms with E-state index in [1.165, 1.54) is 12.1 Å². The van der Waals surface area contributed by atoms with Crippen molar-refractivity contribution >= 4 is 16.3 Å². The van der Waals surface area contributed by atoms with Gasteiger partial charge in [-0.1, -0.05) is 6.92 Å². The van der Waals surface area contributed by atoms with Gasteiger partial charge in [0.25, 0.3) is 0 Å². The van der Waals surface area contributed by atoms with Crippen molar-refractivity contribution in [3.63, 3.8) is 0 Å². The molecule has 3 heterocycles. The Bertz CT molecular complexity index is 473. The minimum atomic E-state index is 0.488. The van der Waals surface area contributed by atoms with Gasteiger partial charge in [-0.2, -0.15) is 0 Å². The summed E-state index contributed by atoms with van der Waals surface area (Å²) in [6, 6.07) is 0.488. The zero-order valence-electron chi connectivity index (χ0n) is 10.6. The number of imidazole rings is 1. The molecule has 2 aromatic rings. The monoisotopic (exact) mass is 265 g/mol. The second kappa shape index (κ2) is 5.38. The molecule has 2 aromatic heterocycles. The van der Waals surface area contributed by atoms with Gasteiger partial charge in [0.1, 0.15) is 0 Å². The molecule has 1 saturated heterocycles. The standard InChI is InChI=1S/C13H19N3OS/c1-2-14-12(10-3-5-17-9-10)7-11-8-16-4-6-18-13(16)15-11/h4,6,8,10,12,14H,2-3,5,7,9H2,1H3. The molecule has 1 N–H and O–H groups in total. The third-order valence-corrected chi connectivity index (χ3v) is 4.34. The Labute approximate surface area is 111 Å². The summed E-state index contributed by atoms with van der Waals surface area (Å²) in [6.07, 6.45) is 6.37. The summed E-state index contributed by atoms with van der Waals surface area (Å²) in [4.78, 5) is 5.75. The van der Waals surface area contributed by atoms with Crippen molar-refractivity contribution in [1.29, 1.82) is 0 Å². The zero-order valence-corrected chi connectivity index (χ0v) is 11.4. The van der Waals surface area contributed by atoms with E-state index in [-0.39, 0.29) is 0 Å². The Morgan fingerprint density at radius 2 is 2.61 bits per heavy atom. The number of hydrogen-bond donors (Lipinski definition) is 1. The Kier molecular flexibility index (Phi) is 3.63. The molecule has 98 valence electrons. The molecule has 0 radical (unpaired) electrons. The van der Waals surface area contributed by atoms with E-state index in [4.69, 9.17) is 4.74 Å². The second-order valence-corrected chi connectivity index (χ2v) is 5.69. The van der Waals surface area contributed by atoms with E-state index in [1.54, 1.807) is 11.3 Å². The largest absolute Gasteiger partial charge is 0.381 e. The first-order valence-electron chi connectivity index (χ1n) is 6.59. The van der Waals surface area contributed by atoms with Crippen molar-refractivity contribution in [2.24, 2.45) is 5.92 Å². The number of nitrogens with zero attached hydrogens (tertiary/aromatic N) is 2. The van der Waals surface area contributed by atoms with Crippen LogP contribution in [0.15, 0.2) is 17.8 Å². The lowest BCUT2D eigenvalue weighted by Gasteiger charge is -2.22. The Balaban J connectivity index is 1.72. The van der Waals surface area contributed by atoms with E-state index in [0.717, 1.165) is 31.1 Å². The highest BCUT2D eigenvalue weighted by Crippen LogP contribution is 2.20. The molecule has 5 heteroatoms. The number of thiazole rings is 1. The summed E-state index contributed by atoms with van der Waals surface area (Å²) in [5, 5.41) is 5.65. The van der Waals surface area contributed by atoms with Crippen molar-refractivity contribution in [2.45, 2.75) is 25.8 Å². The van der Waals surface area contributed by atoms with Gasteiger partial charge in [0.2, 0.25) is 0 Å². The van der Waals surface area contributed by atoms with E-state index >= 15 is 0 Å². The van der Waals surface area contributed by atoms with E-state index in [1.807, 2.05) is 0 Å². The number of ether oxygens (including phenoxy) is 1. The van der Waals surface area contributed by atoms with Gasteiger partial charge < -0.3 is 10.1 Å². The van der Waals surface area contributed by atoms with Gasteiger partial charge >= 0.3 is 0 Å². The van der Waals surface area contributed by atoms with E-state index in [9.17, 15) is 0 Å². The third-order valence-electron chi connectivity index (χ3n) is 3.57. The van der Waals surface area contributed by atoms with Gasteiger partial charge in [-0.3, -0.25) is 4.40 Å². The molecule has 3 rings (SSSR count). The smallest absolute Gasteiger partial charge is 0.193 e. The maximum Gasteiger partial charge on any atom is 0.193 e. The average Bonchev–Trinajstić information content (AvgIpc) is 3.04. The van der Waals surface area contributed by atoms with Gasteiger partial charge in [0.15, 0.2) is 4.96 Å². The highest BCUT2D eigenvalue weighted by molar-refractivity contribution is 7.15. The molecular formula is C13H19N3OS. The lowest BCUT2D eigenvalue weighted by atomic mass is 9.95. The molecular weight excluding hydrogens is 246 g/mol. The van der Waals surface area contributed by atoms with Crippen LogP contribution in [-0.4, -0.2) is 35.2 Å². The number of nitrogens with one attached hydrogen (secondary N) is 1. The topological polar surface area (TPSA) is 38.6 Å². The average molecular weight is 265 g/mol. The molecule has 4 nitrogen and oxygen atoms in total. The summed E-state index contributed by atoms with van der Waals surface area (Å²) in [6.45, 7) is 4.96. The molecule has 18 heavy (non-hydrogen) atoms. The van der Waals surface area contributed by atoms with Crippen LogP contribution in [0.1, 0.15) is 19.0 Å². The molecule has 2 unspecified atom stereocenters. The number of likely N-dealkylation sites (N-methyl/N-ethyl adjacent to an activating group) is 1. The normalized spacial score (nSPS) is 21.7. The van der Waals surface area contributed by atoms with E-state index in [0.29, 0.717) is 12.0 Å². The van der Waals surface area contributed by atoms with Crippen molar-refractivity contribution in [3.8, 4) is 0 Å².